The zero-order valence-corrected chi connectivity index (χ0v) is 13.6. The van der Waals surface area contributed by atoms with Crippen LogP contribution in [0.15, 0.2) is 0 Å². The number of carbonyl (C=O) groups excluding carboxylic acids is 1. The summed E-state index contributed by atoms with van der Waals surface area (Å²) in [6, 6.07) is 0. The van der Waals surface area contributed by atoms with Gasteiger partial charge in [-0.25, -0.2) is 0 Å². The van der Waals surface area contributed by atoms with Crippen molar-refractivity contribution in [2.45, 2.75) is 13.3 Å². The van der Waals surface area contributed by atoms with Crippen LogP contribution < -0.4 is 79.3 Å². The number of nitrogens with one attached hydrogen (secondary N) is 1. The van der Waals surface area contributed by atoms with Gasteiger partial charge in [-0.3, -0.25) is 4.79 Å². The summed E-state index contributed by atoms with van der Waals surface area (Å²) in [5.74, 6) is -0.0709. The van der Waals surface area contributed by atoms with Gasteiger partial charge >= 0.3 is 68.9 Å². The Morgan fingerprint density at radius 1 is 1.60 bits per heavy atom. The van der Waals surface area contributed by atoms with Crippen molar-refractivity contribution in [3.63, 3.8) is 0 Å². The van der Waals surface area contributed by atoms with Gasteiger partial charge in [0.05, 0.1) is 0 Å². The van der Waals surface area contributed by atoms with Crippen LogP contribution in [0.3, 0.4) is 0 Å². The molecule has 0 aromatic carbocycles. The Bertz CT molecular complexity index is 82.0. The van der Waals surface area contributed by atoms with Gasteiger partial charge < -0.3 is 23.9 Å². The van der Waals surface area contributed by atoms with E-state index in [1.165, 1.54) is 6.92 Å². The molecule has 1 amide bonds. The maximum Gasteiger partial charge on any atom is 1.00 e. The standard InChI is InChI=1S/C5H10NO2.Cs.H2S/c1-5(8)6-3-2-4-7;;/h2-4H2,1H3,(H,6,8);;1H2/q-1;+1;/p-1. The molecule has 3 nitrogen and oxygen atoms in total. The van der Waals surface area contributed by atoms with Crippen LogP contribution >= 0.6 is 0 Å². The maximum absolute atomic E-state index is 10.1. The summed E-state index contributed by atoms with van der Waals surface area (Å²) in [6.07, 6.45) is 0.527. The largest absolute Gasteiger partial charge is 1.00 e. The van der Waals surface area contributed by atoms with E-state index in [9.17, 15) is 9.90 Å². The van der Waals surface area contributed by atoms with E-state index in [1.807, 2.05) is 0 Å². The van der Waals surface area contributed by atoms with Crippen molar-refractivity contribution < 1.29 is 78.8 Å². The molecule has 5 heteroatoms. The fraction of sp³-hybridized carbons (Fsp3) is 0.800. The molecule has 0 radical (unpaired) electrons. The monoisotopic (exact) mass is 282 g/mol. The molecule has 56 valence electrons. The Morgan fingerprint density at radius 3 is 2.40 bits per heavy atom. The van der Waals surface area contributed by atoms with E-state index in [1.54, 1.807) is 0 Å². The molecule has 1 N–H and O–H groups in total. The van der Waals surface area contributed by atoms with E-state index in [-0.39, 0.29) is 94.9 Å². The molecule has 0 heterocycles. The molecule has 0 atom stereocenters. The second-order valence-electron chi connectivity index (χ2n) is 1.54. The van der Waals surface area contributed by atoms with Crippen LogP contribution in [0.5, 0.6) is 0 Å². The van der Waals surface area contributed by atoms with Crippen molar-refractivity contribution in [3.8, 4) is 0 Å². The van der Waals surface area contributed by atoms with Gasteiger partial charge in [-0.1, -0.05) is 6.42 Å². The zero-order chi connectivity index (χ0) is 6.41. The first kappa shape index (κ1) is 17.8. The molecule has 0 saturated heterocycles. The molecule has 0 rings (SSSR count). The van der Waals surface area contributed by atoms with Gasteiger partial charge in [-0.05, 0) is 0 Å². The van der Waals surface area contributed by atoms with Crippen LogP contribution in [-0.2, 0) is 18.3 Å². The molecule has 10 heavy (non-hydrogen) atoms. The normalized spacial score (nSPS) is 7.00. The van der Waals surface area contributed by atoms with E-state index < -0.39 is 0 Å². The Morgan fingerprint density at radius 2 is 2.10 bits per heavy atom. The van der Waals surface area contributed by atoms with Gasteiger partial charge in [0.1, 0.15) is 0 Å². The minimum absolute atomic E-state index is 0. The third kappa shape index (κ3) is 16.4. The average molecular weight is 282 g/mol. The van der Waals surface area contributed by atoms with Crippen LogP contribution in [0.25, 0.3) is 0 Å². The van der Waals surface area contributed by atoms with E-state index in [0.717, 1.165) is 0 Å². The Balaban J connectivity index is -0.000000245. The fourth-order valence-electron chi connectivity index (χ4n) is 0.337. The van der Waals surface area contributed by atoms with Crippen LogP contribution in [-0.4, -0.2) is 19.1 Å². The summed E-state index contributed by atoms with van der Waals surface area (Å²) in [5.41, 5.74) is 0. The first-order valence-electron chi connectivity index (χ1n) is 2.60. The number of thiol groups is 1. The smallest absolute Gasteiger partial charge is 0.854 e. The molecule has 0 aromatic heterocycles. The molecule has 0 aliphatic heterocycles. The third-order valence-electron chi connectivity index (χ3n) is 0.695. The van der Waals surface area contributed by atoms with Gasteiger partial charge in [0.25, 0.3) is 0 Å². The van der Waals surface area contributed by atoms with Crippen molar-refractivity contribution in [2.75, 3.05) is 13.2 Å². The maximum atomic E-state index is 10.1. The summed E-state index contributed by atoms with van der Waals surface area (Å²) in [5, 5.41) is 12.3. The second-order valence-corrected chi connectivity index (χ2v) is 1.54. The number of amides is 1. The summed E-state index contributed by atoms with van der Waals surface area (Å²) in [6.45, 7) is 1.84. The fourth-order valence-corrected chi connectivity index (χ4v) is 0.337. The van der Waals surface area contributed by atoms with Crippen molar-refractivity contribution in [3.05, 3.63) is 0 Å². The van der Waals surface area contributed by atoms with E-state index in [2.05, 4.69) is 5.32 Å². The number of hydrogen-bond acceptors (Lipinski definition) is 3. The number of carbonyl (C=O) groups is 1. The van der Waals surface area contributed by atoms with Crippen molar-refractivity contribution in [1.82, 2.24) is 5.32 Å². The average Bonchev–Trinajstić information content (AvgIpc) is 1.66. The van der Waals surface area contributed by atoms with E-state index in [0.29, 0.717) is 13.0 Å². The van der Waals surface area contributed by atoms with Crippen molar-refractivity contribution in [2.24, 2.45) is 0 Å². The molecule has 0 fully saturated rings. The Labute approximate surface area is 127 Å². The topological polar surface area (TPSA) is 52.2 Å². The van der Waals surface area contributed by atoms with Crippen LogP contribution in [0.4, 0.5) is 0 Å². The number of rotatable bonds is 3. The minimum Gasteiger partial charge on any atom is -0.854 e. The second kappa shape index (κ2) is 13.4. The Hall–Kier alpha value is 1.83. The molecule has 0 aliphatic rings. The third-order valence-corrected chi connectivity index (χ3v) is 0.695. The van der Waals surface area contributed by atoms with Gasteiger partial charge in [-0.15, -0.1) is 6.61 Å². The van der Waals surface area contributed by atoms with Crippen molar-refractivity contribution >= 4 is 19.4 Å². The van der Waals surface area contributed by atoms with Gasteiger partial charge in [0.2, 0.25) is 5.91 Å². The molecular weight excluding hydrogens is 271 g/mol. The van der Waals surface area contributed by atoms with Gasteiger partial charge in [-0.2, -0.15) is 0 Å². The summed E-state index contributed by atoms with van der Waals surface area (Å²) < 4.78 is 0. The van der Waals surface area contributed by atoms with E-state index >= 15 is 0 Å². The summed E-state index contributed by atoms with van der Waals surface area (Å²) in [4.78, 5) is 10.1. The molecule has 0 unspecified atom stereocenters. The van der Waals surface area contributed by atoms with Gasteiger partial charge in [0, 0.05) is 13.5 Å². The molecule has 0 aromatic rings. The summed E-state index contributed by atoms with van der Waals surface area (Å²) in [7, 11) is 0. The molecular formula is C5H11CsNO2S-. The quantitative estimate of drug-likeness (QED) is 0.323. The van der Waals surface area contributed by atoms with Crippen LogP contribution in [0, 0.1) is 0 Å². The predicted octanol–water partition coefficient (Wildman–Crippen LogP) is -4.39. The minimum atomic E-state index is -0.111. The first-order valence-corrected chi connectivity index (χ1v) is 2.60. The Kier molecular flexibility index (Phi) is 23.9. The summed E-state index contributed by atoms with van der Waals surface area (Å²) >= 11 is 0. The molecule has 0 spiro atoms. The first-order chi connectivity index (χ1) is 3.77. The van der Waals surface area contributed by atoms with Crippen LogP contribution in [0.1, 0.15) is 13.3 Å². The van der Waals surface area contributed by atoms with Crippen molar-refractivity contribution in [1.29, 1.82) is 0 Å². The van der Waals surface area contributed by atoms with Crippen LogP contribution in [0.2, 0.25) is 0 Å². The number of hydrogen-bond donors (Lipinski definition) is 1. The predicted molar refractivity (Wildman–Crippen MR) is 36.9 cm³/mol. The SMILES string of the molecule is CC(=O)NCCC[O-].[Cs+].[SH-]. The zero-order valence-electron chi connectivity index (χ0n) is 6.39. The molecule has 0 bridgehead atoms. The van der Waals surface area contributed by atoms with Gasteiger partial charge in [0.15, 0.2) is 0 Å². The molecule has 0 saturated carbocycles. The van der Waals surface area contributed by atoms with E-state index in [4.69, 9.17) is 0 Å². The molecule has 0 aliphatic carbocycles.